The number of hydrogen-bond donors (Lipinski definition) is 1. The first kappa shape index (κ1) is 17.6. The zero-order chi connectivity index (χ0) is 18.7. The van der Waals surface area contributed by atoms with Crippen molar-refractivity contribution in [2.45, 2.75) is 19.3 Å². The van der Waals surface area contributed by atoms with Crippen molar-refractivity contribution in [3.05, 3.63) is 71.4 Å². The molecule has 1 aliphatic rings. The number of hydrogen-bond acceptors (Lipinski definition) is 5. The number of likely N-dealkylation sites (N-methyl/N-ethyl adjacent to an activating group) is 1. The number of carbonyl (C=O) groups excluding carboxylic acids is 1. The summed E-state index contributed by atoms with van der Waals surface area (Å²) in [5, 5.41) is 17.4. The summed E-state index contributed by atoms with van der Waals surface area (Å²) in [7, 11) is 2.03. The van der Waals surface area contributed by atoms with E-state index in [1.54, 1.807) is 24.4 Å². The van der Waals surface area contributed by atoms with Gasteiger partial charge in [-0.15, -0.1) is 0 Å². The quantitative estimate of drug-likeness (QED) is 0.517. The van der Waals surface area contributed by atoms with Crippen LogP contribution in [0.25, 0.3) is 0 Å². The molecule has 26 heavy (non-hydrogen) atoms. The topological polar surface area (TPSA) is 65.3 Å². The van der Waals surface area contributed by atoms with Gasteiger partial charge in [-0.05, 0) is 29.8 Å². The highest BCUT2D eigenvalue weighted by Crippen LogP contribution is 2.46. The molecule has 0 bridgehead atoms. The summed E-state index contributed by atoms with van der Waals surface area (Å²) in [4.78, 5) is 14.1. The van der Waals surface area contributed by atoms with E-state index in [9.17, 15) is 9.90 Å². The van der Waals surface area contributed by atoms with Gasteiger partial charge in [0, 0.05) is 23.8 Å². The first-order valence-corrected chi connectivity index (χ1v) is 8.35. The maximum absolute atomic E-state index is 12.0. The third kappa shape index (κ3) is 3.16. The molecule has 0 saturated heterocycles. The number of Topliss-reactive ketones (excluding diaryl/α,β-unsaturated/α-hetero) is 1. The number of phenolic OH excluding ortho intramolecular Hbond substituents is 1. The van der Waals surface area contributed by atoms with Gasteiger partial charge in [0.1, 0.15) is 5.75 Å². The van der Waals surface area contributed by atoms with Gasteiger partial charge in [0.25, 0.3) is 0 Å². The Morgan fingerprint density at radius 3 is 2.50 bits per heavy atom. The smallest absolute Gasteiger partial charge is 0.209 e. The third-order valence-corrected chi connectivity index (χ3v) is 4.65. The average molecular weight is 347 g/mol. The highest BCUT2D eigenvalue weighted by molar-refractivity contribution is 6.36. The first-order valence-electron chi connectivity index (χ1n) is 8.35. The predicted octanol–water partition coefficient (Wildman–Crippen LogP) is 3.94. The Morgan fingerprint density at radius 2 is 1.77 bits per heavy atom. The number of fused-ring (bicyclic) bond motifs is 1. The molecule has 5 nitrogen and oxygen atoms in total. The van der Waals surface area contributed by atoms with Crippen LogP contribution in [0.15, 0.2) is 70.5 Å². The number of benzene rings is 2. The fraction of sp³-hybridized carbons (Fsp3) is 0.190. The van der Waals surface area contributed by atoms with Crippen LogP contribution in [0.1, 0.15) is 29.8 Å². The molecule has 0 fully saturated rings. The second-order valence-corrected chi connectivity index (χ2v) is 6.64. The zero-order valence-electron chi connectivity index (χ0n) is 15.0. The SMILES string of the molecule is CN1\C(=C/C=N\N=C/C(=O)c2ccccc2O)C(C)(C)c2ccccc21. The fourth-order valence-electron chi connectivity index (χ4n) is 3.28. The Hall–Kier alpha value is -3.21. The van der Waals surface area contributed by atoms with Gasteiger partial charge in [-0.1, -0.05) is 44.2 Å². The van der Waals surface area contributed by atoms with E-state index >= 15 is 0 Å². The van der Waals surface area contributed by atoms with Crippen LogP contribution >= 0.6 is 0 Å². The second-order valence-electron chi connectivity index (χ2n) is 6.64. The van der Waals surface area contributed by atoms with Crippen molar-refractivity contribution >= 4 is 23.9 Å². The Morgan fingerprint density at radius 1 is 1.08 bits per heavy atom. The van der Waals surface area contributed by atoms with Crippen molar-refractivity contribution in [2.24, 2.45) is 10.2 Å². The Balaban J connectivity index is 1.74. The van der Waals surface area contributed by atoms with Crippen molar-refractivity contribution in [2.75, 3.05) is 11.9 Å². The van der Waals surface area contributed by atoms with Gasteiger partial charge in [0.15, 0.2) is 0 Å². The Bertz CT molecular complexity index is 926. The van der Waals surface area contributed by atoms with E-state index in [-0.39, 0.29) is 16.7 Å². The van der Waals surface area contributed by atoms with Crippen LogP contribution in [0.5, 0.6) is 5.75 Å². The summed E-state index contributed by atoms with van der Waals surface area (Å²) in [5.41, 5.74) is 3.62. The Labute approximate surface area is 153 Å². The number of ketones is 1. The predicted molar refractivity (Wildman–Crippen MR) is 105 cm³/mol. The lowest BCUT2D eigenvalue weighted by Gasteiger charge is -2.23. The maximum Gasteiger partial charge on any atom is 0.209 e. The first-order chi connectivity index (χ1) is 12.4. The molecule has 2 aromatic carbocycles. The minimum atomic E-state index is -0.390. The van der Waals surface area contributed by atoms with E-state index in [1.807, 2.05) is 25.3 Å². The molecule has 0 amide bonds. The highest BCUT2D eigenvalue weighted by atomic mass is 16.3. The van der Waals surface area contributed by atoms with Gasteiger partial charge in [0.05, 0.1) is 18.0 Å². The largest absolute Gasteiger partial charge is 0.507 e. The molecule has 1 heterocycles. The Kier molecular flexibility index (Phi) is 4.71. The van der Waals surface area contributed by atoms with Gasteiger partial charge < -0.3 is 10.0 Å². The molecule has 0 saturated carbocycles. The summed E-state index contributed by atoms with van der Waals surface area (Å²) in [6, 6.07) is 14.6. The van der Waals surface area contributed by atoms with Crippen LogP contribution in [0.4, 0.5) is 5.69 Å². The van der Waals surface area contributed by atoms with Crippen LogP contribution in [0.3, 0.4) is 0 Å². The van der Waals surface area contributed by atoms with Gasteiger partial charge >= 0.3 is 0 Å². The summed E-state index contributed by atoms with van der Waals surface area (Å²) in [6.07, 6.45) is 4.58. The summed E-state index contributed by atoms with van der Waals surface area (Å²) >= 11 is 0. The van der Waals surface area contributed by atoms with Crippen molar-refractivity contribution in [1.29, 1.82) is 0 Å². The van der Waals surface area contributed by atoms with E-state index in [4.69, 9.17) is 0 Å². The van der Waals surface area contributed by atoms with E-state index in [0.717, 1.165) is 11.9 Å². The monoisotopic (exact) mass is 347 g/mol. The van der Waals surface area contributed by atoms with Gasteiger partial charge in [-0.25, -0.2) is 0 Å². The fourth-order valence-corrected chi connectivity index (χ4v) is 3.28. The minimum absolute atomic E-state index is 0.0675. The zero-order valence-corrected chi connectivity index (χ0v) is 15.0. The van der Waals surface area contributed by atoms with E-state index < -0.39 is 5.78 Å². The molecule has 0 aromatic heterocycles. The van der Waals surface area contributed by atoms with Crippen LogP contribution in [0.2, 0.25) is 0 Å². The number of nitrogens with zero attached hydrogens (tertiary/aromatic N) is 3. The minimum Gasteiger partial charge on any atom is -0.507 e. The molecule has 5 heteroatoms. The van der Waals surface area contributed by atoms with Crippen molar-refractivity contribution in [3.63, 3.8) is 0 Å². The van der Waals surface area contributed by atoms with Gasteiger partial charge in [0.2, 0.25) is 5.78 Å². The van der Waals surface area contributed by atoms with Crippen molar-refractivity contribution in [3.8, 4) is 5.75 Å². The van der Waals surface area contributed by atoms with Crippen molar-refractivity contribution < 1.29 is 9.90 Å². The molecule has 1 aliphatic heterocycles. The summed E-state index contributed by atoms with van der Waals surface area (Å²) < 4.78 is 0. The number of aromatic hydroxyl groups is 1. The van der Waals surface area contributed by atoms with Crippen LogP contribution < -0.4 is 4.90 Å². The normalized spacial score (nSPS) is 17.3. The number of anilines is 1. The molecule has 1 N–H and O–H groups in total. The molecule has 0 spiro atoms. The summed E-state index contributed by atoms with van der Waals surface area (Å²) in [5.74, 6) is -0.458. The van der Waals surface area contributed by atoms with E-state index in [2.05, 4.69) is 41.1 Å². The molecule has 0 unspecified atom stereocenters. The highest BCUT2D eigenvalue weighted by Gasteiger charge is 2.37. The number of phenols is 1. The average Bonchev–Trinajstić information content (AvgIpc) is 2.82. The van der Waals surface area contributed by atoms with E-state index in [0.29, 0.717) is 0 Å². The molecule has 0 atom stereocenters. The molecule has 132 valence electrons. The maximum atomic E-state index is 12.0. The lowest BCUT2D eigenvalue weighted by atomic mass is 9.84. The molecule has 2 aromatic rings. The third-order valence-electron chi connectivity index (χ3n) is 4.65. The standard InChI is InChI=1S/C21H21N3O2/c1-21(2)16-9-5-6-10-17(16)24(3)20(21)12-13-22-23-14-19(26)15-8-4-7-11-18(15)25/h4-14,25H,1-3H3/b20-12-,22-13-,23-14-. The van der Waals surface area contributed by atoms with Crippen LogP contribution in [0, 0.1) is 0 Å². The lowest BCUT2D eigenvalue weighted by molar-refractivity contribution is 0.106. The molecule has 0 radical (unpaired) electrons. The summed E-state index contributed by atoms with van der Waals surface area (Å²) in [6.45, 7) is 4.33. The van der Waals surface area contributed by atoms with Crippen LogP contribution in [-0.4, -0.2) is 30.4 Å². The molecule has 3 rings (SSSR count). The van der Waals surface area contributed by atoms with Crippen molar-refractivity contribution in [1.82, 2.24) is 0 Å². The van der Waals surface area contributed by atoms with Gasteiger partial charge in [-0.2, -0.15) is 10.2 Å². The second kappa shape index (κ2) is 6.96. The number of carbonyl (C=O) groups is 1. The number of allylic oxidation sites excluding steroid dienone is 2. The number of rotatable bonds is 4. The molecular formula is C21H21N3O2. The number of para-hydroxylation sites is 2. The molecule has 0 aliphatic carbocycles. The van der Waals surface area contributed by atoms with E-state index in [1.165, 1.54) is 17.3 Å². The van der Waals surface area contributed by atoms with Gasteiger partial charge in [-0.3, -0.25) is 4.79 Å². The van der Waals surface area contributed by atoms with Crippen LogP contribution in [-0.2, 0) is 5.41 Å². The molecular weight excluding hydrogens is 326 g/mol. The lowest BCUT2D eigenvalue weighted by Crippen LogP contribution is -2.23.